The summed E-state index contributed by atoms with van der Waals surface area (Å²) in [5.74, 6) is 0.0407. The molecule has 98 valence electrons. The lowest BCUT2D eigenvalue weighted by Crippen LogP contribution is -2.40. The van der Waals surface area contributed by atoms with Crippen molar-refractivity contribution >= 4 is 43.5 Å². The predicted molar refractivity (Wildman–Crippen MR) is 80.4 cm³/mol. The van der Waals surface area contributed by atoms with Crippen molar-refractivity contribution in [1.82, 2.24) is 0 Å². The van der Waals surface area contributed by atoms with Crippen LogP contribution in [0.5, 0.6) is 0 Å². The highest BCUT2D eigenvalue weighted by Crippen LogP contribution is 2.43. The predicted octanol–water partition coefficient (Wildman–Crippen LogP) is 3.67. The van der Waals surface area contributed by atoms with Crippen LogP contribution in [0.3, 0.4) is 0 Å². The van der Waals surface area contributed by atoms with E-state index in [1.807, 2.05) is 18.2 Å². The fourth-order valence-electron chi connectivity index (χ4n) is 2.26. The van der Waals surface area contributed by atoms with Crippen molar-refractivity contribution in [2.45, 2.75) is 25.7 Å². The number of hydrogen-bond acceptors (Lipinski definition) is 2. The lowest BCUT2D eigenvalue weighted by molar-refractivity contribution is -0.119. The fourth-order valence-corrected chi connectivity index (χ4v) is 2.96. The average molecular weight is 376 g/mol. The third-order valence-corrected chi connectivity index (χ3v) is 4.77. The SMILES string of the molecule is NCC1(CC(=O)Nc2cc(Br)ccc2Br)CCC1. The van der Waals surface area contributed by atoms with Crippen molar-refractivity contribution < 1.29 is 4.79 Å². The van der Waals surface area contributed by atoms with E-state index in [1.165, 1.54) is 6.42 Å². The number of nitrogens with one attached hydrogen (secondary N) is 1. The van der Waals surface area contributed by atoms with Gasteiger partial charge >= 0.3 is 0 Å². The van der Waals surface area contributed by atoms with Gasteiger partial charge in [-0.3, -0.25) is 4.79 Å². The van der Waals surface area contributed by atoms with Crippen LogP contribution < -0.4 is 11.1 Å². The first-order chi connectivity index (χ1) is 8.54. The number of carbonyl (C=O) groups excluding carboxylic acids is 1. The summed E-state index contributed by atoms with van der Waals surface area (Å²) in [6, 6.07) is 5.71. The van der Waals surface area contributed by atoms with Crippen LogP contribution >= 0.6 is 31.9 Å². The van der Waals surface area contributed by atoms with Crippen LogP contribution in [0, 0.1) is 5.41 Å². The lowest BCUT2D eigenvalue weighted by atomic mass is 9.66. The van der Waals surface area contributed by atoms with E-state index in [-0.39, 0.29) is 11.3 Å². The molecule has 0 saturated heterocycles. The van der Waals surface area contributed by atoms with E-state index in [2.05, 4.69) is 37.2 Å². The topological polar surface area (TPSA) is 55.1 Å². The van der Waals surface area contributed by atoms with E-state index in [1.54, 1.807) is 0 Å². The summed E-state index contributed by atoms with van der Waals surface area (Å²) < 4.78 is 1.83. The van der Waals surface area contributed by atoms with Gasteiger partial charge in [0.25, 0.3) is 0 Å². The van der Waals surface area contributed by atoms with Crippen LogP contribution in [0.1, 0.15) is 25.7 Å². The Labute approximate surface area is 124 Å². The molecule has 2 rings (SSSR count). The molecule has 18 heavy (non-hydrogen) atoms. The van der Waals surface area contributed by atoms with Crippen molar-refractivity contribution in [2.24, 2.45) is 11.1 Å². The van der Waals surface area contributed by atoms with Crippen molar-refractivity contribution in [3.05, 3.63) is 27.1 Å². The van der Waals surface area contributed by atoms with Gasteiger partial charge in [0.15, 0.2) is 0 Å². The Morgan fingerprint density at radius 2 is 2.11 bits per heavy atom. The molecule has 5 heteroatoms. The highest BCUT2D eigenvalue weighted by atomic mass is 79.9. The molecular formula is C13H16Br2N2O. The van der Waals surface area contributed by atoms with Crippen LogP contribution in [0.25, 0.3) is 0 Å². The fraction of sp³-hybridized carbons (Fsp3) is 0.462. The molecule has 0 bridgehead atoms. The van der Waals surface area contributed by atoms with E-state index in [9.17, 15) is 4.79 Å². The van der Waals surface area contributed by atoms with Crippen LogP contribution in [0.2, 0.25) is 0 Å². The van der Waals surface area contributed by atoms with Gasteiger partial charge in [0.2, 0.25) is 5.91 Å². The van der Waals surface area contributed by atoms with E-state index in [4.69, 9.17) is 5.73 Å². The second kappa shape index (κ2) is 5.72. The van der Waals surface area contributed by atoms with Crippen LogP contribution in [0.4, 0.5) is 5.69 Å². The van der Waals surface area contributed by atoms with Gasteiger partial charge in [0, 0.05) is 15.4 Å². The van der Waals surface area contributed by atoms with Gasteiger partial charge in [-0.05, 0) is 58.9 Å². The van der Waals surface area contributed by atoms with Gasteiger partial charge < -0.3 is 11.1 Å². The summed E-state index contributed by atoms with van der Waals surface area (Å²) in [5.41, 5.74) is 6.60. The first kappa shape index (κ1) is 14.0. The zero-order valence-corrected chi connectivity index (χ0v) is 13.2. The molecule has 0 radical (unpaired) electrons. The number of hydrogen-bond donors (Lipinski definition) is 2. The standard InChI is InChI=1S/C13H16Br2N2O/c14-9-2-3-10(15)11(6-9)17-12(18)7-13(8-16)4-1-5-13/h2-3,6H,1,4-5,7-8,16H2,(H,17,18). The smallest absolute Gasteiger partial charge is 0.225 e. The first-order valence-corrected chi connectivity index (χ1v) is 7.58. The largest absolute Gasteiger partial charge is 0.330 e. The average Bonchev–Trinajstić information content (AvgIpc) is 2.28. The molecule has 0 heterocycles. The molecule has 1 aromatic carbocycles. The van der Waals surface area contributed by atoms with E-state index in [0.29, 0.717) is 13.0 Å². The Morgan fingerprint density at radius 1 is 1.39 bits per heavy atom. The van der Waals surface area contributed by atoms with E-state index >= 15 is 0 Å². The second-order valence-electron chi connectivity index (χ2n) is 4.91. The summed E-state index contributed by atoms with van der Waals surface area (Å²) in [6.07, 6.45) is 3.83. The molecule has 1 saturated carbocycles. The van der Waals surface area contributed by atoms with Gasteiger partial charge in [0.1, 0.15) is 0 Å². The minimum atomic E-state index is 0.0407. The summed E-state index contributed by atoms with van der Waals surface area (Å²) in [6.45, 7) is 0.597. The molecule has 3 nitrogen and oxygen atoms in total. The number of benzene rings is 1. The maximum Gasteiger partial charge on any atom is 0.225 e. The first-order valence-electron chi connectivity index (χ1n) is 6.00. The minimum absolute atomic E-state index is 0.0407. The minimum Gasteiger partial charge on any atom is -0.330 e. The Kier molecular flexibility index (Phi) is 4.45. The normalized spacial score (nSPS) is 17.1. The van der Waals surface area contributed by atoms with Gasteiger partial charge in [-0.2, -0.15) is 0 Å². The zero-order valence-electron chi connectivity index (χ0n) is 10.0. The Hall–Kier alpha value is -0.390. The van der Waals surface area contributed by atoms with Crippen LogP contribution in [-0.4, -0.2) is 12.5 Å². The molecule has 1 aliphatic carbocycles. The maximum atomic E-state index is 12.0. The summed E-state index contributed by atoms with van der Waals surface area (Å²) in [7, 11) is 0. The van der Waals surface area contributed by atoms with Gasteiger partial charge in [0.05, 0.1) is 5.69 Å². The van der Waals surface area contributed by atoms with E-state index in [0.717, 1.165) is 27.5 Å². The molecule has 1 aliphatic rings. The zero-order chi connectivity index (χ0) is 13.2. The summed E-state index contributed by atoms with van der Waals surface area (Å²) in [4.78, 5) is 12.0. The quantitative estimate of drug-likeness (QED) is 0.843. The summed E-state index contributed by atoms with van der Waals surface area (Å²) >= 11 is 6.82. The van der Waals surface area contributed by atoms with Crippen molar-refractivity contribution in [3.8, 4) is 0 Å². The van der Waals surface area contributed by atoms with Gasteiger partial charge in [-0.15, -0.1) is 0 Å². The van der Waals surface area contributed by atoms with Gasteiger partial charge in [-0.1, -0.05) is 22.4 Å². The van der Waals surface area contributed by atoms with Crippen LogP contribution in [-0.2, 0) is 4.79 Å². The lowest BCUT2D eigenvalue weighted by Gasteiger charge is -2.40. The number of anilines is 1. The van der Waals surface area contributed by atoms with E-state index < -0.39 is 0 Å². The Balaban J connectivity index is 2.00. The van der Waals surface area contributed by atoms with Crippen LogP contribution in [0.15, 0.2) is 27.1 Å². The molecule has 1 amide bonds. The number of nitrogens with two attached hydrogens (primary N) is 1. The van der Waals surface area contributed by atoms with Crippen molar-refractivity contribution in [3.63, 3.8) is 0 Å². The molecule has 0 unspecified atom stereocenters. The molecule has 0 spiro atoms. The van der Waals surface area contributed by atoms with Crippen molar-refractivity contribution in [2.75, 3.05) is 11.9 Å². The summed E-state index contributed by atoms with van der Waals surface area (Å²) in [5, 5.41) is 2.94. The van der Waals surface area contributed by atoms with Crippen molar-refractivity contribution in [1.29, 1.82) is 0 Å². The third-order valence-electron chi connectivity index (χ3n) is 3.59. The molecular weight excluding hydrogens is 360 g/mol. The monoisotopic (exact) mass is 374 g/mol. The number of rotatable bonds is 4. The van der Waals surface area contributed by atoms with Gasteiger partial charge in [-0.25, -0.2) is 0 Å². The Morgan fingerprint density at radius 3 is 2.67 bits per heavy atom. The second-order valence-corrected chi connectivity index (χ2v) is 6.68. The molecule has 1 aromatic rings. The third kappa shape index (κ3) is 3.13. The maximum absolute atomic E-state index is 12.0. The molecule has 3 N–H and O–H groups in total. The number of carbonyl (C=O) groups is 1. The number of halogens is 2. The Bertz CT molecular complexity index is 453. The molecule has 0 aliphatic heterocycles. The molecule has 1 fully saturated rings. The molecule has 0 atom stereocenters. The highest BCUT2D eigenvalue weighted by Gasteiger charge is 2.37. The number of amides is 1. The molecule has 0 aromatic heterocycles. The highest BCUT2D eigenvalue weighted by molar-refractivity contribution is 9.11.